The van der Waals surface area contributed by atoms with Gasteiger partial charge in [0.2, 0.25) is 17.6 Å². The van der Waals surface area contributed by atoms with E-state index in [1.807, 2.05) is 6.92 Å². The Morgan fingerprint density at radius 3 is 2.54 bits per heavy atom. The van der Waals surface area contributed by atoms with Crippen molar-refractivity contribution in [1.29, 1.82) is 0 Å². The van der Waals surface area contributed by atoms with Gasteiger partial charge >= 0.3 is 0 Å². The maximum atomic E-state index is 13.2. The maximum absolute atomic E-state index is 13.2. The quantitative estimate of drug-likeness (QED) is 0.476. The first-order valence-corrected chi connectivity index (χ1v) is 13.4. The van der Waals surface area contributed by atoms with Gasteiger partial charge in [-0.2, -0.15) is 4.98 Å². The molecule has 2 aromatic carbocycles. The minimum atomic E-state index is -0.302. The topological polar surface area (TPSA) is 74.5 Å². The van der Waals surface area contributed by atoms with Gasteiger partial charge in [-0.25, -0.2) is 4.39 Å². The molecule has 0 saturated carbocycles. The Balaban J connectivity index is 1.13. The summed E-state index contributed by atoms with van der Waals surface area (Å²) in [6.45, 7) is 8.62. The largest absolute Gasteiger partial charge is 0.372 e. The average Bonchev–Trinajstić information content (AvgIpc) is 3.38. The van der Waals surface area contributed by atoms with Crippen LogP contribution in [-0.2, 0) is 11.3 Å². The Bertz CT molecular complexity index is 1170. The van der Waals surface area contributed by atoms with Crippen LogP contribution in [0.1, 0.15) is 57.0 Å². The highest BCUT2D eigenvalue weighted by molar-refractivity contribution is 5.79. The molecule has 2 unspecified atom stereocenters. The number of aromatic nitrogens is 2. The molecule has 7 nitrogen and oxygen atoms in total. The molecule has 5 rings (SSSR count). The van der Waals surface area contributed by atoms with Crippen molar-refractivity contribution in [3.8, 4) is 11.4 Å². The van der Waals surface area contributed by atoms with E-state index >= 15 is 0 Å². The highest BCUT2D eigenvalue weighted by atomic mass is 19.1. The lowest BCUT2D eigenvalue weighted by molar-refractivity contribution is -0.127. The molecule has 1 aromatic heterocycles. The molecular weight excluding hydrogens is 469 g/mol. The third-order valence-corrected chi connectivity index (χ3v) is 7.71. The predicted octanol–water partition coefficient (Wildman–Crippen LogP) is 5.20. The van der Waals surface area contributed by atoms with Gasteiger partial charge in [0, 0.05) is 30.9 Å². The minimum Gasteiger partial charge on any atom is -0.372 e. The van der Waals surface area contributed by atoms with Crippen molar-refractivity contribution in [2.75, 3.05) is 31.1 Å². The van der Waals surface area contributed by atoms with Gasteiger partial charge in [0.05, 0.1) is 18.5 Å². The third-order valence-electron chi connectivity index (χ3n) is 7.71. The van der Waals surface area contributed by atoms with Gasteiger partial charge in [0.25, 0.3) is 0 Å². The highest BCUT2D eigenvalue weighted by Crippen LogP contribution is 2.26. The van der Waals surface area contributed by atoms with Crippen molar-refractivity contribution in [3.63, 3.8) is 0 Å². The molecule has 2 saturated heterocycles. The molecule has 2 aliphatic heterocycles. The molecule has 0 bridgehead atoms. The summed E-state index contributed by atoms with van der Waals surface area (Å²) in [5.74, 6) is 1.46. The normalized spacial score (nSPS) is 20.1. The Hall–Kier alpha value is -3.26. The number of piperidine rings is 2. The SMILES string of the molecule is CC1CCN(c2ccc(C(C)NC(=O)C3CCCN(Cc4nc(-c5ccc(F)cc5)no4)C3)cc2)CC1. The van der Waals surface area contributed by atoms with Crippen LogP contribution in [0.2, 0.25) is 0 Å². The number of carbonyl (C=O) groups is 1. The number of hydrogen-bond acceptors (Lipinski definition) is 6. The first-order chi connectivity index (χ1) is 17.9. The van der Waals surface area contributed by atoms with Gasteiger partial charge in [-0.05, 0) is 87.0 Å². The van der Waals surface area contributed by atoms with Crippen LogP contribution < -0.4 is 10.2 Å². The predicted molar refractivity (Wildman–Crippen MR) is 141 cm³/mol. The summed E-state index contributed by atoms with van der Waals surface area (Å²) < 4.78 is 18.6. The van der Waals surface area contributed by atoms with E-state index in [2.05, 4.69) is 56.4 Å². The molecule has 3 aromatic rings. The van der Waals surface area contributed by atoms with Crippen molar-refractivity contribution in [2.45, 2.75) is 52.1 Å². The summed E-state index contributed by atoms with van der Waals surface area (Å²) >= 11 is 0. The van der Waals surface area contributed by atoms with Crippen molar-refractivity contribution < 1.29 is 13.7 Å². The first kappa shape index (κ1) is 25.4. The molecule has 1 N–H and O–H groups in total. The molecule has 2 atom stereocenters. The smallest absolute Gasteiger partial charge is 0.241 e. The molecule has 8 heteroatoms. The molecular formula is C29H36FN5O2. The lowest BCUT2D eigenvalue weighted by Gasteiger charge is -2.32. The van der Waals surface area contributed by atoms with E-state index in [9.17, 15) is 9.18 Å². The molecule has 3 heterocycles. The molecule has 196 valence electrons. The molecule has 2 fully saturated rings. The Morgan fingerprint density at radius 2 is 1.81 bits per heavy atom. The van der Waals surface area contributed by atoms with E-state index in [1.54, 1.807) is 12.1 Å². The second kappa shape index (κ2) is 11.4. The van der Waals surface area contributed by atoms with Crippen molar-refractivity contribution in [2.24, 2.45) is 11.8 Å². The summed E-state index contributed by atoms with van der Waals surface area (Å²) in [7, 11) is 0. The van der Waals surface area contributed by atoms with Crippen LogP contribution in [0.15, 0.2) is 53.1 Å². The number of amides is 1. The zero-order chi connectivity index (χ0) is 25.8. The molecule has 1 amide bonds. The van der Waals surface area contributed by atoms with E-state index < -0.39 is 0 Å². The number of rotatable bonds is 7. The van der Waals surface area contributed by atoms with Gasteiger partial charge in [0.15, 0.2) is 0 Å². The maximum Gasteiger partial charge on any atom is 0.241 e. The number of nitrogens with one attached hydrogen (secondary N) is 1. The fourth-order valence-electron chi connectivity index (χ4n) is 5.29. The van der Waals surface area contributed by atoms with Gasteiger partial charge in [-0.15, -0.1) is 0 Å². The van der Waals surface area contributed by atoms with Crippen LogP contribution >= 0.6 is 0 Å². The van der Waals surface area contributed by atoms with Gasteiger partial charge < -0.3 is 14.7 Å². The van der Waals surface area contributed by atoms with Crippen molar-refractivity contribution >= 4 is 11.6 Å². The van der Waals surface area contributed by atoms with Crippen LogP contribution in [0.4, 0.5) is 10.1 Å². The third kappa shape index (κ3) is 6.36. The first-order valence-electron chi connectivity index (χ1n) is 13.4. The van der Waals surface area contributed by atoms with E-state index in [-0.39, 0.29) is 23.7 Å². The Morgan fingerprint density at radius 1 is 1.08 bits per heavy atom. The van der Waals surface area contributed by atoms with Crippen LogP contribution in [0.5, 0.6) is 0 Å². The Kier molecular flexibility index (Phi) is 7.84. The van der Waals surface area contributed by atoms with Crippen molar-refractivity contribution in [3.05, 3.63) is 65.8 Å². The lowest BCUT2D eigenvalue weighted by Crippen LogP contribution is -2.43. The van der Waals surface area contributed by atoms with Crippen LogP contribution in [0.25, 0.3) is 11.4 Å². The fraction of sp³-hybridized carbons (Fsp3) is 0.483. The number of likely N-dealkylation sites (tertiary alicyclic amines) is 1. The molecule has 0 aliphatic carbocycles. The van der Waals surface area contributed by atoms with Crippen molar-refractivity contribution in [1.82, 2.24) is 20.4 Å². The van der Waals surface area contributed by atoms with Gasteiger partial charge in [-0.3, -0.25) is 9.69 Å². The number of nitrogens with zero attached hydrogens (tertiary/aromatic N) is 4. The fourth-order valence-corrected chi connectivity index (χ4v) is 5.29. The summed E-state index contributed by atoms with van der Waals surface area (Å²) in [5.41, 5.74) is 3.09. The standard InChI is InChI=1S/C29H36FN5O2/c1-20-13-16-35(17-14-20)26-11-7-22(8-12-26)21(2)31-29(36)24-4-3-15-34(18-24)19-27-32-28(33-37-27)23-5-9-25(30)10-6-23/h5-12,20-21,24H,3-4,13-19H2,1-2H3,(H,31,36). The molecule has 0 spiro atoms. The van der Waals surface area contributed by atoms with Crippen LogP contribution in [0, 0.1) is 17.7 Å². The highest BCUT2D eigenvalue weighted by Gasteiger charge is 2.28. The number of hydrogen-bond donors (Lipinski definition) is 1. The number of halogens is 1. The zero-order valence-corrected chi connectivity index (χ0v) is 21.7. The van der Waals surface area contributed by atoms with E-state index in [0.717, 1.165) is 44.0 Å². The van der Waals surface area contributed by atoms with E-state index in [1.165, 1.54) is 30.7 Å². The Labute approximate surface area is 218 Å². The van der Waals surface area contributed by atoms with Gasteiger partial charge in [-0.1, -0.05) is 24.2 Å². The second-order valence-corrected chi connectivity index (χ2v) is 10.6. The number of benzene rings is 2. The summed E-state index contributed by atoms with van der Waals surface area (Å²) in [5, 5.41) is 7.25. The average molecular weight is 506 g/mol. The lowest BCUT2D eigenvalue weighted by atomic mass is 9.96. The zero-order valence-electron chi connectivity index (χ0n) is 21.7. The van der Waals surface area contributed by atoms with E-state index in [0.29, 0.717) is 30.4 Å². The van der Waals surface area contributed by atoms with Crippen LogP contribution in [-0.4, -0.2) is 47.1 Å². The van der Waals surface area contributed by atoms with E-state index in [4.69, 9.17) is 4.52 Å². The van der Waals surface area contributed by atoms with Crippen LogP contribution in [0.3, 0.4) is 0 Å². The summed E-state index contributed by atoms with van der Waals surface area (Å²) in [6.07, 6.45) is 4.30. The number of carbonyl (C=O) groups excluding carboxylic acids is 1. The molecule has 0 radical (unpaired) electrons. The summed E-state index contributed by atoms with van der Waals surface area (Å²) in [4.78, 5) is 22.2. The van der Waals surface area contributed by atoms with Gasteiger partial charge in [0.1, 0.15) is 5.82 Å². The molecule has 2 aliphatic rings. The monoisotopic (exact) mass is 505 g/mol. The molecule has 37 heavy (non-hydrogen) atoms. The minimum absolute atomic E-state index is 0.0486. The summed E-state index contributed by atoms with van der Waals surface area (Å²) in [6, 6.07) is 14.6. The second-order valence-electron chi connectivity index (χ2n) is 10.6. The number of anilines is 1.